The van der Waals surface area contributed by atoms with E-state index >= 15 is 0 Å². The van der Waals surface area contributed by atoms with Crippen molar-refractivity contribution in [2.24, 2.45) is 0 Å². The summed E-state index contributed by atoms with van der Waals surface area (Å²) in [4.78, 5) is 12.2. The lowest BCUT2D eigenvalue weighted by atomic mass is 10.2. The third-order valence-corrected chi connectivity index (χ3v) is 6.11. The monoisotopic (exact) mass is 457 g/mol. The van der Waals surface area contributed by atoms with E-state index in [1.54, 1.807) is 19.1 Å². The molecule has 0 aliphatic carbocycles. The molecular formula is C18H14Cl2FN3O2S2. The molecule has 2 aromatic carbocycles. The number of benzene rings is 2. The first-order valence-corrected chi connectivity index (χ1v) is 10.6. The Morgan fingerprint density at radius 3 is 2.71 bits per heavy atom. The van der Waals surface area contributed by atoms with Crippen LogP contribution in [-0.2, 0) is 10.5 Å². The van der Waals surface area contributed by atoms with Gasteiger partial charge in [0.05, 0.1) is 0 Å². The summed E-state index contributed by atoms with van der Waals surface area (Å²) in [7, 11) is 0. The number of rotatable bonds is 7. The molecule has 1 heterocycles. The lowest BCUT2D eigenvalue weighted by molar-refractivity contribution is -0.122. The van der Waals surface area contributed by atoms with Crippen molar-refractivity contribution in [3.8, 4) is 5.75 Å². The average molecular weight is 458 g/mol. The summed E-state index contributed by atoms with van der Waals surface area (Å²) in [6.45, 7) is 1.60. The molecule has 3 rings (SSSR count). The smallest absolute Gasteiger partial charge is 0.266 e. The number of nitrogens with zero attached hydrogens (tertiary/aromatic N) is 2. The predicted octanol–water partition coefficient (Wildman–Crippen LogP) is 5.68. The summed E-state index contributed by atoms with van der Waals surface area (Å²) in [6, 6.07) is 10.8. The van der Waals surface area contributed by atoms with Crippen molar-refractivity contribution in [2.45, 2.75) is 23.1 Å². The maximum absolute atomic E-state index is 12.9. The van der Waals surface area contributed by atoms with Crippen LogP contribution in [0.3, 0.4) is 0 Å². The maximum Gasteiger partial charge on any atom is 0.266 e. The molecule has 0 spiro atoms. The summed E-state index contributed by atoms with van der Waals surface area (Å²) in [6.07, 6.45) is -0.779. The zero-order chi connectivity index (χ0) is 20.1. The van der Waals surface area contributed by atoms with Crippen LogP contribution in [-0.4, -0.2) is 22.2 Å². The van der Waals surface area contributed by atoms with Gasteiger partial charge in [0, 0.05) is 15.8 Å². The molecule has 0 bridgehead atoms. The molecule has 0 aliphatic rings. The van der Waals surface area contributed by atoms with E-state index in [1.165, 1.54) is 47.4 Å². The molecule has 1 unspecified atom stereocenters. The molecular weight excluding hydrogens is 444 g/mol. The number of thioether (sulfide) groups is 1. The molecule has 0 radical (unpaired) electrons. The van der Waals surface area contributed by atoms with Gasteiger partial charge in [-0.1, -0.05) is 52.4 Å². The maximum atomic E-state index is 12.9. The molecule has 1 amide bonds. The van der Waals surface area contributed by atoms with Crippen LogP contribution in [0.1, 0.15) is 12.5 Å². The Morgan fingerprint density at radius 2 is 2.00 bits per heavy atom. The third kappa shape index (κ3) is 5.81. The van der Waals surface area contributed by atoms with Crippen molar-refractivity contribution in [1.82, 2.24) is 10.2 Å². The molecule has 1 N–H and O–H groups in total. The van der Waals surface area contributed by atoms with Crippen LogP contribution in [0.15, 0.2) is 46.8 Å². The van der Waals surface area contributed by atoms with Crippen LogP contribution in [0.2, 0.25) is 10.0 Å². The molecule has 1 aromatic heterocycles. The highest BCUT2D eigenvalue weighted by Crippen LogP contribution is 2.31. The Bertz CT molecular complexity index is 970. The summed E-state index contributed by atoms with van der Waals surface area (Å²) in [5.74, 6) is 0.251. The van der Waals surface area contributed by atoms with Crippen LogP contribution in [0.4, 0.5) is 9.52 Å². The van der Waals surface area contributed by atoms with E-state index in [9.17, 15) is 9.18 Å². The van der Waals surface area contributed by atoms with Crippen molar-refractivity contribution in [2.75, 3.05) is 5.32 Å². The number of halogens is 3. The van der Waals surface area contributed by atoms with E-state index in [0.717, 1.165) is 5.56 Å². The highest BCUT2D eigenvalue weighted by Gasteiger charge is 2.17. The van der Waals surface area contributed by atoms with Gasteiger partial charge < -0.3 is 4.74 Å². The van der Waals surface area contributed by atoms with Gasteiger partial charge in [-0.25, -0.2) is 4.39 Å². The Hall–Kier alpha value is -1.87. The Labute approximate surface area is 179 Å². The zero-order valence-corrected chi connectivity index (χ0v) is 17.6. The molecule has 0 saturated heterocycles. The van der Waals surface area contributed by atoms with Gasteiger partial charge in [0.15, 0.2) is 10.4 Å². The number of ether oxygens (including phenoxy) is 1. The minimum absolute atomic E-state index is 0.365. The van der Waals surface area contributed by atoms with Gasteiger partial charge in [-0.15, -0.1) is 10.2 Å². The van der Waals surface area contributed by atoms with E-state index < -0.39 is 6.10 Å². The van der Waals surface area contributed by atoms with Gasteiger partial charge in [-0.05, 0) is 48.9 Å². The van der Waals surface area contributed by atoms with Gasteiger partial charge in [-0.3, -0.25) is 10.1 Å². The SMILES string of the molecule is CC(Oc1ccc(F)cc1)C(=O)Nc1nnc(SCc2ccc(Cl)cc2Cl)s1. The van der Waals surface area contributed by atoms with E-state index in [1.807, 2.05) is 6.07 Å². The molecule has 10 heteroatoms. The largest absolute Gasteiger partial charge is 0.481 e. The van der Waals surface area contributed by atoms with Crippen molar-refractivity contribution in [1.29, 1.82) is 0 Å². The fraction of sp³-hybridized carbons (Fsp3) is 0.167. The highest BCUT2D eigenvalue weighted by molar-refractivity contribution is 8.00. The summed E-state index contributed by atoms with van der Waals surface area (Å²) in [5.41, 5.74) is 0.929. The summed E-state index contributed by atoms with van der Waals surface area (Å²) in [5, 5.41) is 12.2. The van der Waals surface area contributed by atoms with Crippen LogP contribution in [0.25, 0.3) is 0 Å². The van der Waals surface area contributed by atoms with Crippen LogP contribution < -0.4 is 10.1 Å². The van der Waals surface area contributed by atoms with Crippen LogP contribution in [0.5, 0.6) is 5.75 Å². The van der Waals surface area contributed by atoms with E-state index in [-0.39, 0.29) is 11.7 Å². The normalized spacial score (nSPS) is 11.9. The third-order valence-electron chi connectivity index (χ3n) is 3.50. The van der Waals surface area contributed by atoms with Gasteiger partial charge in [-0.2, -0.15) is 0 Å². The number of hydrogen-bond donors (Lipinski definition) is 1. The first-order chi connectivity index (χ1) is 13.4. The predicted molar refractivity (Wildman–Crippen MR) is 111 cm³/mol. The number of carbonyl (C=O) groups excluding carboxylic acids is 1. The van der Waals surface area contributed by atoms with Crippen LogP contribution in [0, 0.1) is 5.82 Å². The van der Waals surface area contributed by atoms with Gasteiger partial charge in [0.25, 0.3) is 5.91 Å². The van der Waals surface area contributed by atoms with Crippen molar-refractivity contribution in [3.05, 3.63) is 63.9 Å². The summed E-state index contributed by atoms with van der Waals surface area (Å²) >= 11 is 14.8. The number of aromatic nitrogens is 2. The lowest BCUT2D eigenvalue weighted by Gasteiger charge is -2.13. The standard InChI is InChI=1S/C18H14Cl2FN3O2S2/c1-10(26-14-6-4-13(21)5-7-14)16(25)22-17-23-24-18(28-17)27-9-11-2-3-12(19)8-15(11)20/h2-8,10H,9H2,1H3,(H,22,23,25). The summed E-state index contributed by atoms with van der Waals surface area (Å²) < 4.78 is 19.1. The second-order valence-electron chi connectivity index (χ2n) is 5.60. The number of amides is 1. The quantitative estimate of drug-likeness (QED) is 0.365. The Kier molecular flexibility index (Phi) is 7.12. The molecule has 0 saturated carbocycles. The van der Waals surface area contributed by atoms with E-state index in [2.05, 4.69) is 15.5 Å². The zero-order valence-electron chi connectivity index (χ0n) is 14.5. The van der Waals surface area contributed by atoms with E-state index in [0.29, 0.717) is 31.0 Å². The van der Waals surface area contributed by atoms with Crippen LogP contribution >= 0.6 is 46.3 Å². The number of carbonyl (C=O) groups is 1. The minimum Gasteiger partial charge on any atom is -0.481 e. The Morgan fingerprint density at radius 1 is 1.25 bits per heavy atom. The molecule has 28 heavy (non-hydrogen) atoms. The number of hydrogen-bond acceptors (Lipinski definition) is 6. The molecule has 0 fully saturated rings. The van der Waals surface area contributed by atoms with Gasteiger partial charge in [0.2, 0.25) is 5.13 Å². The van der Waals surface area contributed by atoms with Crippen molar-refractivity contribution in [3.63, 3.8) is 0 Å². The molecule has 3 aromatic rings. The second kappa shape index (κ2) is 9.56. The molecule has 146 valence electrons. The first-order valence-electron chi connectivity index (χ1n) is 8.04. The van der Waals surface area contributed by atoms with E-state index in [4.69, 9.17) is 27.9 Å². The fourth-order valence-electron chi connectivity index (χ4n) is 2.07. The average Bonchev–Trinajstić information content (AvgIpc) is 3.10. The number of nitrogens with one attached hydrogen (secondary N) is 1. The fourth-order valence-corrected chi connectivity index (χ4v) is 4.39. The minimum atomic E-state index is -0.779. The molecule has 1 atom stereocenters. The lowest BCUT2D eigenvalue weighted by Crippen LogP contribution is -2.30. The first kappa shape index (κ1) is 20.9. The van der Waals surface area contributed by atoms with Crippen molar-refractivity contribution >= 4 is 57.3 Å². The Balaban J connectivity index is 1.53. The molecule has 5 nitrogen and oxygen atoms in total. The topological polar surface area (TPSA) is 64.1 Å². The van der Waals surface area contributed by atoms with Gasteiger partial charge in [0.1, 0.15) is 11.6 Å². The van der Waals surface area contributed by atoms with Crippen molar-refractivity contribution < 1.29 is 13.9 Å². The second-order valence-corrected chi connectivity index (χ2v) is 8.64. The highest BCUT2D eigenvalue weighted by atomic mass is 35.5. The molecule has 0 aliphatic heterocycles. The number of anilines is 1. The van der Waals surface area contributed by atoms with Gasteiger partial charge >= 0.3 is 0 Å².